The van der Waals surface area contributed by atoms with Gasteiger partial charge in [0.25, 0.3) is 0 Å². The second-order valence-corrected chi connectivity index (χ2v) is 5.10. The Kier molecular flexibility index (Phi) is 6.68. The molecule has 0 aromatic heterocycles. The van der Waals surface area contributed by atoms with Gasteiger partial charge in [-0.1, -0.05) is 32.0 Å². The molecule has 20 heavy (non-hydrogen) atoms. The van der Waals surface area contributed by atoms with E-state index in [1.165, 1.54) is 5.56 Å². The molecule has 1 atom stereocenters. The standard InChI is InChI=1S/C16H26N2O2/c1-5-18(6-2)10-9-17-15(16(19)20)14-8-7-12(3)13(4)11-14/h7-8,11,15,17H,5-6,9-10H2,1-4H3,(H,19,20). The molecule has 0 fully saturated rings. The fraction of sp³-hybridized carbons (Fsp3) is 0.562. The number of aliphatic carboxylic acids is 1. The highest BCUT2D eigenvalue weighted by Crippen LogP contribution is 2.17. The zero-order valence-electron chi connectivity index (χ0n) is 12.9. The number of carbonyl (C=O) groups is 1. The van der Waals surface area contributed by atoms with Crippen molar-refractivity contribution >= 4 is 5.97 Å². The van der Waals surface area contributed by atoms with Crippen LogP contribution in [0.4, 0.5) is 0 Å². The molecule has 0 bridgehead atoms. The summed E-state index contributed by atoms with van der Waals surface area (Å²) in [6.07, 6.45) is 0. The van der Waals surface area contributed by atoms with E-state index in [0.29, 0.717) is 6.54 Å². The van der Waals surface area contributed by atoms with Gasteiger partial charge >= 0.3 is 5.97 Å². The average molecular weight is 278 g/mol. The number of aryl methyl sites for hydroxylation is 2. The van der Waals surface area contributed by atoms with Gasteiger partial charge in [-0.25, -0.2) is 0 Å². The zero-order valence-corrected chi connectivity index (χ0v) is 12.9. The number of hydrogen-bond donors (Lipinski definition) is 2. The summed E-state index contributed by atoms with van der Waals surface area (Å²) >= 11 is 0. The summed E-state index contributed by atoms with van der Waals surface area (Å²) in [5.41, 5.74) is 3.13. The number of carboxylic acid groups (broad SMARTS) is 1. The SMILES string of the molecule is CCN(CC)CCNC(C(=O)O)c1ccc(C)c(C)c1. The Labute approximate surface area is 121 Å². The number of likely N-dealkylation sites (N-methyl/N-ethyl adjacent to an activating group) is 1. The highest BCUT2D eigenvalue weighted by atomic mass is 16.4. The maximum absolute atomic E-state index is 11.4. The van der Waals surface area contributed by atoms with Gasteiger partial charge in [0.15, 0.2) is 0 Å². The molecule has 0 amide bonds. The summed E-state index contributed by atoms with van der Waals surface area (Å²) in [7, 11) is 0. The Bertz CT molecular complexity index is 442. The fourth-order valence-electron chi connectivity index (χ4n) is 2.20. The van der Waals surface area contributed by atoms with E-state index in [1.54, 1.807) is 0 Å². The summed E-state index contributed by atoms with van der Waals surface area (Å²) in [5.74, 6) is -0.826. The van der Waals surface area contributed by atoms with Crippen LogP contribution in [-0.4, -0.2) is 42.2 Å². The van der Waals surface area contributed by atoms with Crippen LogP contribution >= 0.6 is 0 Å². The van der Waals surface area contributed by atoms with Crippen LogP contribution in [0.5, 0.6) is 0 Å². The molecule has 2 N–H and O–H groups in total. The predicted octanol–water partition coefficient (Wildman–Crippen LogP) is 2.36. The Morgan fingerprint density at radius 2 is 1.90 bits per heavy atom. The van der Waals surface area contributed by atoms with E-state index in [1.807, 2.05) is 32.0 Å². The number of carboxylic acids is 1. The Hall–Kier alpha value is -1.39. The van der Waals surface area contributed by atoms with Crippen molar-refractivity contribution in [2.24, 2.45) is 0 Å². The largest absolute Gasteiger partial charge is 0.480 e. The summed E-state index contributed by atoms with van der Waals surface area (Å²) < 4.78 is 0. The molecular formula is C16H26N2O2. The molecule has 1 rings (SSSR count). The molecule has 0 saturated carbocycles. The third kappa shape index (κ3) is 4.62. The van der Waals surface area contributed by atoms with Crippen molar-refractivity contribution < 1.29 is 9.90 Å². The van der Waals surface area contributed by atoms with Gasteiger partial charge in [0.2, 0.25) is 0 Å². The molecule has 4 heteroatoms. The third-order valence-corrected chi connectivity index (χ3v) is 3.78. The van der Waals surface area contributed by atoms with E-state index >= 15 is 0 Å². The first kappa shape index (κ1) is 16.7. The van der Waals surface area contributed by atoms with Crippen molar-refractivity contribution in [3.05, 3.63) is 34.9 Å². The molecule has 0 aliphatic carbocycles. The summed E-state index contributed by atoms with van der Waals surface area (Å²) in [6.45, 7) is 11.8. The smallest absolute Gasteiger partial charge is 0.325 e. The molecular weight excluding hydrogens is 252 g/mol. The predicted molar refractivity (Wildman–Crippen MR) is 82.1 cm³/mol. The Morgan fingerprint density at radius 1 is 1.25 bits per heavy atom. The number of hydrogen-bond acceptors (Lipinski definition) is 3. The van der Waals surface area contributed by atoms with E-state index < -0.39 is 12.0 Å². The van der Waals surface area contributed by atoms with Crippen LogP contribution in [0.3, 0.4) is 0 Å². The van der Waals surface area contributed by atoms with Crippen LogP contribution in [0.15, 0.2) is 18.2 Å². The Morgan fingerprint density at radius 3 is 2.40 bits per heavy atom. The van der Waals surface area contributed by atoms with Crippen LogP contribution in [0, 0.1) is 13.8 Å². The lowest BCUT2D eigenvalue weighted by Crippen LogP contribution is -2.36. The maximum atomic E-state index is 11.4. The molecule has 0 heterocycles. The highest BCUT2D eigenvalue weighted by molar-refractivity contribution is 5.75. The van der Waals surface area contributed by atoms with Crippen LogP contribution < -0.4 is 5.32 Å². The average Bonchev–Trinajstić information content (AvgIpc) is 2.42. The van der Waals surface area contributed by atoms with Crippen molar-refractivity contribution in [3.8, 4) is 0 Å². The van der Waals surface area contributed by atoms with Gasteiger partial charge in [-0.15, -0.1) is 0 Å². The summed E-state index contributed by atoms with van der Waals surface area (Å²) in [4.78, 5) is 13.7. The first-order valence-electron chi connectivity index (χ1n) is 7.25. The molecule has 0 saturated heterocycles. The van der Waals surface area contributed by atoms with Crippen molar-refractivity contribution in [2.45, 2.75) is 33.7 Å². The van der Waals surface area contributed by atoms with Crippen LogP contribution in [0.1, 0.15) is 36.6 Å². The van der Waals surface area contributed by atoms with Gasteiger partial charge in [0, 0.05) is 13.1 Å². The van der Waals surface area contributed by atoms with Crippen molar-refractivity contribution in [1.82, 2.24) is 10.2 Å². The molecule has 1 unspecified atom stereocenters. The third-order valence-electron chi connectivity index (χ3n) is 3.78. The van der Waals surface area contributed by atoms with Gasteiger partial charge in [-0.3, -0.25) is 10.1 Å². The Balaban J connectivity index is 2.69. The van der Waals surface area contributed by atoms with Crippen molar-refractivity contribution in [3.63, 3.8) is 0 Å². The van der Waals surface area contributed by atoms with E-state index in [4.69, 9.17) is 0 Å². The minimum Gasteiger partial charge on any atom is -0.480 e. The molecule has 112 valence electrons. The van der Waals surface area contributed by atoms with E-state index in [0.717, 1.165) is 30.8 Å². The second-order valence-electron chi connectivity index (χ2n) is 5.10. The lowest BCUT2D eigenvalue weighted by molar-refractivity contribution is -0.139. The molecule has 0 aliphatic heterocycles. The van der Waals surface area contributed by atoms with E-state index in [9.17, 15) is 9.90 Å². The van der Waals surface area contributed by atoms with Crippen LogP contribution in [-0.2, 0) is 4.79 Å². The van der Waals surface area contributed by atoms with Crippen LogP contribution in [0.25, 0.3) is 0 Å². The number of nitrogens with zero attached hydrogens (tertiary/aromatic N) is 1. The van der Waals surface area contributed by atoms with Crippen LogP contribution in [0.2, 0.25) is 0 Å². The van der Waals surface area contributed by atoms with Crippen molar-refractivity contribution in [1.29, 1.82) is 0 Å². The molecule has 0 spiro atoms. The van der Waals surface area contributed by atoms with Gasteiger partial charge in [0.1, 0.15) is 6.04 Å². The maximum Gasteiger partial charge on any atom is 0.325 e. The topological polar surface area (TPSA) is 52.6 Å². The zero-order chi connectivity index (χ0) is 15.1. The van der Waals surface area contributed by atoms with E-state index in [2.05, 4.69) is 24.1 Å². The lowest BCUT2D eigenvalue weighted by Gasteiger charge is -2.21. The molecule has 0 radical (unpaired) electrons. The minimum atomic E-state index is -0.826. The first-order valence-corrected chi connectivity index (χ1v) is 7.25. The number of nitrogens with one attached hydrogen (secondary N) is 1. The minimum absolute atomic E-state index is 0.634. The summed E-state index contributed by atoms with van der Waals surface area (Å²) in [5, 5.41) is 12.5. The monoisotopic (exact) mass is 278 g/mol. The van der Waals surface area contributed by atoms with Gasteiger partial charge in [-0.2, -0.15) is 0 Å². The molecule has 1 aromatic carbocycles. The molecule has 4 nitrogen and oxygen atoms in total. The normalized spacial score (nSPS) is 12.7. The highest BCUT2D eigenvalue weighted by Gasteiger charge is 2.19. The number of rotatable bonds is 8. The molecule has 0 aliphatic rings. The van der Waals surface area contributed by atoms with Gasteiger partial charge < -0.3 is 10.0 Å². The molecule has 1 aromatic rings. The van der Waals surface area contributed by atoms with E-state index in [-0.39, 0.29) is 0 Å². The number of benzene rings is 1. The summed E-state index contributed by atoms with van der Waals surface area (Å²) in [6, 6.07) is 5.20. The first-order chi connectivity index (χ1) is 9.49. The second kappa shape index (κ2) is 8.02. The lowest BCUT2D eigenvalue weighted by atomic mass is 10.0. The fourth-order valence-corrected chi connectivity index (χ4v) is 2.20. The van der Waals surface area contributed by atoms with Gasteiger partial charge in [0.05, 0.1) is 0 Å². The quantitative estimate of drug-likeness (QED) is 0.766. The van der Waals surface area contributed by atoms with Gasteiger partial charge in [-0.05, 0) is 43.6 Å². The van der Waals surface area contributed by atoms with Crippen molar-refractivity contribution in [2.75, 3.05) is 26.2 Å².